The van der Waals surface area contributed by atoms with Crippen LogP contribution >= 0.6 is 0 Å². The first kappa shape index (κ1) is 17.7. The summed E-state index contributed by atoms with van der Waals surface area (Å²) in [7, 11) is 1.51. The number of nitrogens with zero attached hydrogens (tertiary/aromatic N) is 2. The van der Waals surface area contributed by atoms with Gasteiger partial charge in [0.1, 0.15) is 23.4 Å². The SMILES string of the molecule is COc1ccccc1NC(=O)[C@H]1CC(=O)Nc2cc(-c3ccc(F)cc3)nn21. The maximum Gasteiger partial charge on any atom is 0.249 e. The van der Waals surface area contributed by atoms with Gasteiger partial charge in [-0.15, -0.1) is 0 Å². The van der Waals surface area contributed by atoms with Gasteiger partial charge in [-0.05, 0) is 36.4 Å². The standard InChI is InChI=1S/C20H17FN4O3/c1-28-17-5-3-2-4-14(17)22-20(27)16-11-19(26)23-18-10-15(24-25(16)18)12-6-8-13(21)9-7-12/h2-10,16H,11H2,1H3,(H,22,27)(H,23,26)/t16-/m1/s1. The molecule has 2 amide bonds. The minimum absolute atomic E-state index is 0.0431. The molecule has 4 rings (SSSR count). The topological polar surface area (TPSA) is 85.2 Å². The number of hydrogen-bond donors (Lipinski definition) is 2. The van der Waals surface area contributed by atoms with Gasteiger partial charge in [0.05, 0.1) is 24.9 Å². The molecule has 142 valence electrons. The number of amides is 2. The molecule has 2 heterocycles. The second kappa shape index (κ2) is 7.15. The third kappa shape index (κ3) is 3.32. The van der Waals surface area contributed by atoms with Crippen LogP contribution in [-0.4, -0.2) is 28.7 Å². The number of rotatable bonds is 4. The highest BCUT2D eigenvalue weighted by atomic mass is 19.1. The Morgan fingerprint density at radius 2 is 2.00 bits per heavy atom. The van der Waals surface area contributed by atoms with Gasteiger partial charge in [0.25, 0.3) is 0 Å². The maximum absolute atomic E-state index is 13.2. The Bertz CT molecular complexity index is 1050. The summed E-state index contributed by atoms with van der Waals surface area (Å²) in [5.74, 6) is -0.0813. The Hall–Kier alpha value is -3.68. The summed E-state index contributed by atoms with van der Waals surface area (Å²) < 4.78 is 19.9. The predicted octanol–water partition coefficient (Wildman–Crippen LogP) is 3.22. The molecule has 0 aliphatic carbocycles. The number of anilines is 2. The second-order valence-corrected chi connectivity index (χ2v) is 6.32. The van der Waals surface area contributed by atoms with Gasteiger partial charge in [-0.2, -0.15) is 5.10 Å². The zero-order chi connectivity index (χ0) is 19.7. The molecule has 0 spiro atoms. The lowest BCUT2D eigenvalue weighted by atomic mass is 10.1. The Balaban J connectivity index is 1.65. The van der Waals surface area contributed by atoms with Gasteiger partial charge in [-0.3, -0.25) is 9.59 Å². The minimum Gasteiger partial charge on any atom is -0.495 e. The van der Waals surface area contributed by atoms with Crippen LogP contribution in [0.4, 0.5) is 15.9 Å². The summed E-state index contributed by atoms with van der Waals surface area (Å²) >= 11 is 0. The highest BCUT2D eigenvalue weighted by molar-refractivity contribution is 6.02. The molecular weight excluding hydrogens is 363 g/mol. The molecular formula is C20H17FN4O3. The number of carbonyl (C=O) groups excluding carboxylic acids is 2. The van der Waals surface area contributed by atoms with Crippen LogP contribution in [0.15, 0.2) is 54.6 Å². The molecule has 8 heteroatoms. The minimum atomic E-state index is -0.817. The van der Waals surface area contributed by atoms with Crippen molar-refractivity contribution in [2.75, 3.05) is 17.7 Å². The van der Waals surface area contributed by atoms with Crippen molar-refractivity contribution in [3.8, 4) is 17.0 Å². The number of halogens is 1. The summed E-state index contributed by atoms with van der Waals surface area (Å²) in [5, 5.41) is 9.97. The van der Waals surface area contributed by atoms with E-state index >= 15 is 0 Å². The molecule has 1 atom stereocenters. The fourth-order valence-corrected chi connectivity index (χ4v) is 3.11. The van der Waals surface area contributed by atoms with Crippen LogP contribution in [0.2, 0.25) is 0 Å². The Morgan fingerprint density at radius 3 is 2.75 bits per heavy atom. The quantitative estimate of drug-likeness (QED) is 0.728. The van der Waals surface area contributed by atoms with E-state index in [2.05, 4.69) is 15.7 Å². The average molecular weight is 380 g/mol. The van der Waals surface area contributed by atoms with E-state index in [1.54, 1.807) is 42.5 Å². The number of nitrogens with one attached hydrogen (secondary N) is 2. The van der Waals surface area contributed by atoms with Crippen molar-refractivity contribution in [2.45, 2.75) is 12.5 Å². The molecule has 2 aromatic carbocycles. The predicted molar refractivity (Wildman–Crippen MR) is 102 cm³/mol. The van der Waals surface area contributed by atoms with Crippen LogP contribution in [0.3, 0.4) is 0 Å². The lowest BCUT2D eigenvalue weighted by Crippen LogP contribution is -2.35. The first-order valence-electron chi connectivity index (χ1n) is 8.64. The molecule has 0 saturated heterocycles. The van der Waals surface area contributed by atoms with Crippen molar-refractivity contribution in [1.29, 1.82) is 0 Å². The zero-order valence-corrected chi connectivity index (χ0v) is 15.0. The van der Waals surface area contributed by atoms with E-state index < -0.39 is 6.04 Å². The van der Waals surface area contributed by atoms with Crippen molar-refractivity contribution in [1.82, 2.24) is 9.78 Å². The van der Waals surface area contributed by atoms with E-state index in [9.17, 15) is 14.0 Å². The molecule has 3 aromatic rings. The summed E-state index contributed by atoms with van der Waals surface area (Å²) in [6.45, 7) is 0. The zero-order valence-electron chi connectivity index (χ0n) is 15.0. The Morgan fingerprint density at radius 1 is 1.25 bits per heavy atom. The van der Waals surface area contributed by atoms with Crippen molar-refractivity contribution in [3.63, 3.8) is 0 Å². The van der Waals surface area contributed by atoms with Crippen LogP contribution in [0.5, 0.6) is 5.75 Å². The van der Waals surface area contributed by atoms with Crippen LogP contribution in [0.1, 0.15) is 12.5 Å². The van der Waals surface area contributed by atoms with Gasteiger partial charge in [0.15, 0.2) is 0 Å². The molecule has 0 bridgehead atoms. The summed E-state index contributed by atoms with van der Waals surface area (Å²) in [6.07, 6.45) is -0.0431. The van der Waals surface area contributed by atoms with Gasteiger partial charge in [-0.1, -0.05) is 12.1 Å². The molecule has 0 unspecified atom stereocenters. The fraction of sp³-hybridized carbons (Fsp3) is 0.150. The van der Waals surface area contributed by atoms with Crippen LogP contribution in [0, 0.1) is 5.82 Å². The lowest BCUT2D eigenvalue weighted by molar-refractivity contribution is -0.125. The van der Waals surface area contributed by atoms with E-state index in [-0.39, 0.29) is 24.1 Å². The number of carbonyl (C=O) groups is 2. The highest BCUT2D eigenvalue weighted by Crippen LogP contribution is 2.31. The van der Waals surface area contributed by atoms with Crippen molar-refractivity contribution in [2.24, 2.45) is 0 Å². The van der Waals surface area contributed by atoms with Crippen LogP contribution in [0.25, 0.3) is 11.3 Å². The maximum atomic E-state index is 13.2. The van der Waals surface area contributed by atoms with E-state index in [1.807, 2.05) is 0 Å². The van der Waals surface area contributed by atoms with Gasteiger partial charge in [0, 0.05) is 11.6 Å². The van der Waals surface area contributed by atoms with Crippen LogP contribution in [-0.2, 0) is 9.59 Å². The summed E-state index contributed by atoms with van der Waals surface area (Å²) in [6, 6.07) is 13.7. The first-order chi connectivity index (χ1) is 13.5. The van der Waals surface area contributed by atoms with Gasteiger partial charge in [-0.25, -0.2) is 9.07 Å². The van der Waals surface area contributed by atoms with Crippen molar-refractivity contribution < 1.29 is 18.7 Å². The molecule has 0 radical (unpaired) electrons. The monoisotopic (exact) mass is 380 g/mol. The highest BCUT2D eigenvalue weighted by Gasteiger charge is 2.32. The van der Waals surface area contributed by atoms with Crippen LogP contribution < -0.4 is 15.4 Å². The third-order valence-corrected chi connectivity index (χ3v) is 4.48. The Labute approximate surface area is 160 Å². The summed E-state index contributed by atoms with van der Waals surface area (Å²) in [5.41, 5.74) is 1.72. The smallest absolute Gasteiger partial charge is 0.249 e. The van der Waals surface area contributed by atoms with E-state index in [1.165, 1.54) is 23.9 Å². The van der Waals surface area contributed by atoms with E-state index in [4.69, 9.17) is 4.74 Å². The fourth-order valence-electron chi connectivity index (χ4n) is 3.11. The number of benzene rings is 2. The van der Waals surface area contributed by atoms with E-state index in [0.29, 0.717) is 28.5 Å². The third-order valence-electron chi connectivity index (χ3n) is 4.48. The number of para-hydroxylation sites is 2. The molecule has 2 N–H and O–H groups in total. The Kier molecular flexibility index (Phi) is 4.52. The first-order valence-corrected chi connectivity index (χ1v) is 8.64. The van der Waals surface area contributed by atoms with Crippen molar-refractivity contribution in [3.05, 3.63) is 60.4 Å². The number of methoxy groups -OCH3 is 1. The normalized spacial score (nSPS) is 15.5. The van der Waals surface area contributed by atoms with Gasteiger partial charge < -0.3 is 15.4 Å². The number of aromatic nitrogens is 2. The average Bonchev–Trinajstić information content (AvgIpc) is 3.12. The second-order valence-electron chi connectivity index (χ2n) is 6.32. The number of fused-ring (bicyclic) bond motifs is 1. The molecule has 0 saturated carbocycles. The molecule has 1 aliphatic heterocycles. The molecule has 7 nitrogen and oxygen atoms in total. The number of hydrogen-bond acceptors (Lipinski definition) is 4. The van der Waals surface area contributed by atoms with Gasteiger partial charge >= 0.3 is 0 Å². The lowest BCUT2D eigenvalue weighted by Gasteiger charge is -2.24. The van der Waals surface area contributed by atoms with Gasteiger partial charge in [0.2, 0.25) is 11.8 Å². The largest absolute Gasteiger partial charge is 0.495 e. The molecule has 1 aliphatic rings. The summed E-state index contributed by atoms with van der Waals surface area (Å²) in [4.78, 5) is 25.0. The molecule has 0 fully saturated rings. The van der Waals surface area contributed by atoms with Crippen molar-refractivity contribution >= 4 is 23.3 Å². The number of ether oxygens (including phenoxy) is 1. The van der Waals surface area contributed by atoms with E-state index in [0.717, 1.165) is 0 Å². The molecule has 28 heavy (non-hydrogen) atoms. The molecule has 1 aromatic heterocycles.